The summed E-state index contributed by atoms with van der Waals surface area (Å²) in [5.74, 6) is 0. The van der Waals surface area contributed by atoms with E-state index in [4.69, 9.17) is 0 Å². The minimum Gasteiger partial charge on any atom is -0.255 e. The van der Waals surface area contributed by atoms with Gasteiger partial charge < -0.3 is 0 Å². The third-order valence-corrected chi connectivity index (χ3v) is 3.99. The van der Waals surface area contributed by atoms with Gasteiger partial charge in [0.1, 0.15) is 0 Å². The molecule has 2 nitrogen and oxygen atoms in total. The molecule has 2 aromatic carbocycles. The van der Waals surface area contributed by atoms with E-state index in [1.165, 1.54) is 16.3 Å². The maximum Gasteiger partial charge on any atom is 0.0886 e. The van der Waals surface area contributed by atoms with Crippen molar-refractivity contribution in [3.05, 3.63) is 96.3 Å². The summed E-state index contributed by atoms with van der Waals surface area (Å²) in [6, 6.07) is 24.7. The van der Waals surface area contributed by atoms with Crippen LogP contribution >= 0.6 is 0 Å². The molecule has 0 saturated carbocycles. The van der Waals surface area contributed by atoms with Crippen molar-refractivity contribution < 1.29 is 0 Å². The fraction of sp³-hybridized carbons (Fsp3) is 0. The maximum atomic E-state index is 4.51. The summed E-state index contributed by atoms with van der Waals surface area (Å²) in [5, 5.41) is 2.51. The zero-order chi connectivity index (χ0) is 16.2. The maximum absolute atomic E-state index is 4.51. The van der Waals surface area contributed by atoms with Crippen LogP contribution in [-0.2, 0) is 0 Å². The van der Waals surface area contributed by atoms with Gasteiger partial charge in [-0.3, -0.25) is 9.97 Å². The summed E-state index contributed by atoms with van der Waals surface area (Å²) >= 11 is 0. The predicted octanol–water partition coefficient (Wildman–Crippen LogP) is 5.47. The Hall–Kier alpha value is -3.26. The van der Waals surface area contributed by atoms with Crippen LogP contribution in [0.25, 0.3) is 34.3 Å². The fourth-order valence-corrected chi connectivity index (χ4v) is 2.75. The van der Waals surface area contributed by atoms with Crippen molar-refractivity contribution in [1.29, 1.82) is 0 Å². The van der Waals surface area contributed by atoms with Crippen molar-refractivity contribution in [3.63, 3.8) is 0 Å². The fourth-order valence-electron chi connectivity index (χ4n) is 2.75. The molecule has 0 aliphatic rings. The van der Waals surface area contributed by atoms with Crippen LogP contribution in [-0.4, -0.2) is 9.97 Å². The number of pyridine rings is 2. The average Bonchev–Trinajstić information content (AvgIpc) is 2.67. The van der Waals surface area contributed by atoms with Crippen molar-refractivity contribution in [3.8, 4) is 11.4 Å². The SMILES string of the molecule is C(=C\c1cccc2ccccc12)/c1ccc(-c2ccccn2)nc1. The summed E-state index contributed by atoms with van der Waals surface area (Å²) in [7, 11) is 0. The lowest BCUT2D eigenvalue weighted by atomic mass is 10.0. The number of hydrogen-bond acceptors (Lipinski definition) is 2. The first kappa shape index (κ1) is 14.3. The highest BCUT2D eigenvalue weighted by Gasteiger charge is 2.00. The highest BCUT2D eigenvalue weighted by Crippen LogP contribution is 2.21. The standard InChI is InChI=1S/C22H16N2/c1-2-9-20-18(6-1)7-5-8-19(20)13-11-17-12-14-22(24-16-17)21-10-3-4-15-23-21/h1-16H/b13-11+. The van der Waals surface area contributed by atoms with Gasteiger partial charge in [-0.25, -0.2) is 0 Å². The normalized spacial score (nSPS) is 11.2. The van der Waals surface area contributed by atoms with Crippen LogP contribution in [0.2, 0.25) is 0 Å². The van der Waals surface area contributed by atoms with E-state index in [1.54, 1.807) is 6.20 Å². The van der Waals surface area contributed by atoms with Gasteiger partial charge in [0.15, 0.2) is 0 Å². The summed E-state index contributed by atoms with van der Waals surface area (Å²) in [6.07, 6.45) is 7.90. The van der Waals surface area contributed by atoms with Crippen molar-refractivity contribution in [2.45, 2.75) is 0 Å². The molecule has 2 heteroatoms. The number of aromatic nitrogens is 2. The molecule has 4 aromatic rings. The Bertz CT molecular complexity index is 982. The highest BCUT2D eigenvalue weighted by atomic mass is 14.8. The lowest BCUT2D eigenvalue weighted by Crippen LogP contribution is -1.86. The summed E-state index contributed by atoms with van der Waals surface area (Å²) in [4.78, 5) is 8.84. The quantitative estimate of drug-likeness (QED) is 0.501. The lowest BCUT2D eigenvalue weighted by Gasteiger charge is -2.02. The summed E-state index contributed by atoms with van der Waals surface area (Å²) in [5.41, 5.74) is 4.06. The predicted molar refractivity (Wildman–Crippen MR) is 100 cm³/mol. The first-order valence-electron chi connectivity index (χ1n) is 7.93. The van der Waals surface area contributed by atoms with Crippen LogP contribution in [0.4, 0.5) is 0 Å². The number of fused-ring (bicyclic) bond motifs is 1. The van der Waals surface area contributed by atoms with Crippen molar-refractivity contribution in [2.24, 2.45) is 0 Å². The van der Waals surface area contributed by atoms with Crippen LogP contribution < -0.4 is 0 Å². The topological polar surface area (TPSA) is 25.8 Å². The molecule has 2 aromatic heterocycles. The van der Waals surface area contributed by atoms with E-state index in [1.807, 2.05) is 30.5 Å². The van der Waals surface area contributed by atoms with Gasteiger partial charge in [0, 0.05) is 12.4 Å². The van der Waals surface area contributed by atoms with Crippen molar-refractivity contribution >= 4 is 22.9 Å². The molecule has 0 aliphatic heterocycles. The molecule has 0 spiro atoms. The Morgan fingerprint density at radius 2 is 1.46 bits per heavy atom. The van der Waals surface area contributed by atoms with Gasteiger partial charge in [-0.05, 0) is 40.1 Å². The molecular formula is C22H16N2. The minimum absolute atomic E-state index is 0.887. The van der Waals surface area contributed by atoms with E-state index in [-0.39, 0.29) is 0 Å². The second kappa shape index (κ2) is 6.47. The first-order chi connectivity index (χ1) is 11.9. The summed E-state index contributed by atoms with van der Waals surface area (Å²) < 4.78 is 0. The first-order valence-corrected chi connectivity index (χ1v) is 7.93. The molecule has 0 bridgehead atoms. The molecule has 0 unspecified atom stereocenters. The van der Waals surface area contributed by atoms with Crippen LogP contribution in [0.1, 0.15) is 11.1 Å². The van der Waals surface area contributed by atoms with E-state index >= 15 is 0 Å². The number of benzene rings is 2. The molecule has 0 amide bonds. The molecular weight excluding hydrogens is 292 g/mol. The smallest absolute Gasteiger partial charge is 0.0886 e. The Labute approximate surface area is 141 Å². The Morgan fingerprint density at radius 1 is 0.625 bits per heavy atom. The van der Waals surface area contributed by atoms with Gasteiger partial charge in [-0.2, -0.15) is 0 Å². The molecule has 0 saturated heterocycles. The Balaban J connectivity index is 1.62. The average molecular weight is 308 g/mol. The minimum atomic E-state index is 0.887. The number of hydrogen-bond donors (Lipinski definition) is 0. The third kappa shape index (κ3) is 2.95. The summed E-state index contributed by atoms with van der Waals surface area (Å²) in [6.45, 7) is 0. The van der Waals surface area contributed by atoms with Crippen LogP contribution in [0, 0.1) is 0 Å². The van der Waals surface area contributed by atoms with Gasteiger partial charge >= 0.3 is 0 Å². The largest absolute Gasteiger partial charge is 0.255 e. The zero-order valence-electron chi connectivity index (χ0n) is 13.1. The number of rotatable bonds is 3. The van der Waals surface area contributed by atoms with E-state index in [9.17, 15) is 0 Å². The molecule has 24 heavy (non-hydrogen) atoms. The molecule has 114 valence electrons. The van der Waals surface area contributed by atoms with Crippen LogP contribution in [0.15, 0.2) is 85.2 Å². The van der Waals surface area contributed by atoms with Crippen molar-refractivity contribution in [2.75, 3.05) is 0 Å². The van der Waals surface area contributed by atoms with Gasteiger partial charge in [-0.1, -0.05) is 66.7 Å². The Kier molecular flexibility index (Phi) is 3.86. The Morgan fingerprint density at radius 3 is 2.29 bits per heavy atom. The second-order valence-corrected chi connectivity index (χ2v) is 5.59. The van der Waals surface area contributed by atoms with Gasteiger partial charge in [-0.15, -0.1) is 0 Å². The molecule has 0 radical (unpaired) electrons. The molecule has 2 heterocycles. The van der Waals surface area contributed by atoms with Crippen molar-refractivity contribution in [1.82, 2.24) is 9.97 Å². The van der Waals surface area contributed by atoms with Crippen LogP contribution in [0.3, 0.4) is 0 Å². The molecule has 0 fully saturated rings. The zero-order valence-corrected chi connectivity index (χ0v) is 13.1. The molecule has 0 aliphatic carbocycles. The van der Waals surface area contributed by atoms with Gasteiger partial charge in [0.2, 0.25) is 0 Å². The third-order valence-electron chi connectivity index (χ3n) is 3.99. The molecule has 0 atom stereocenters. The van der Waals surface area contributed by atoms with E-state index in [0.29, 0.717) is 0 Å². The monoisotopic (exact) mass is 308 g/mol. The van der Waals surface area contributed by atoms with Crippen LogP contribution in [0.5, 0.6) is 0 Å². The molecule has 0 N–H and O–H groups in total. The number of nitrogens with zero attached hydrogens (tertiary/aromatic N) is 2. The second-order valence-electron chi connectivity index (χ2n) is 5.59. The van der Waals surface area contributed by atoms with E-state index in [0.717, 1.165) is 17.0 Å². The highest BCUT2D eigenvalue weighted by molar-refractivity contribution is 5.92. The lowest BCUT2D eigenvalue weighted by molar-refractivity contribution is 1.24. The van der Waals surface area contributed by atoms with Gasteiger partial charge in [0.05, 0.1) is 11.4 Å². The molecule has 4 rings (SSSR count). The van der Waals surface area contributed by atoms with Gasteiger partial charge in [0.25, 0.3) is 0 Å². The van der Waals surface area contributed by atoms with E-state index in [2.05, 4.69) is 70.7 Å². The van der Waals surface area contributed by atoms with E-state index < -0.39 is 0 Å².